The molecule has 8 heteroatoms. The quantitative estimate of drug-likeness (QED) is 0.744. The maximum absolute atomic E-state index is 11.0. The monoisotopic (exact) mass is 304 g/mol. The first-order chi connectivity index (χ1) is 9.63. The van der Waals surface area contributed by atoms with Crippen LogP contribution in [0.5, 0.6) is 0 Å². The first-order valence-electron chi connectivity index (χ1n) is 5.59. The molecule has 2 aromatic heterocycles. The largest absolute Gasteiger partial charge is 0.478 e. The Labute approximate surface area is 121 Å². The molecule has 0 fully saturated rings. The minimum Gasteiger partial charge on any atom is -0.478 e. The highest BCUT2D eigenvalue weighted by Gasteiger charge is 2.11. The van der Waals surface area contributed by atoms with E-state index in [1.54, 1.807) is 12.1 Å². The predicted molar refractivity (Wildman–Crippen MR) is 75.3 cm³/mol. The number of hydrogen-bond acceptors (Lipinski definition) is 7. The van der Waals surface area contributed by atoms with Gasteiger partial charge in [0.1, 0.15) is 16.4 Å². The maximum Gasteiger partial charge on any atom is 0.335 e. The Morgan fingerprint density at radius 2 is 2.15 bits per heavy atom. The van der Waals surface area contributed by atoms with Gasteiger partial charge in [0.2, 0.25) is 0 Å². The van der Waals surface area contributed by atoms with E-state index < -0.39 is 5.97 Å². The van der Waals surface area contributed by atoms with Crippen molar-refractivity contribution in [1.82, 2.24) is 20.2 Å². The van der Waals surface area contributed by atoms with E-state index in [1.807, 2.05) is 6.92 Å². The average molecular weight is 304 g/mol. The molecule has 0 spiro atoms. The molecule has 1 aromatic carbocycles. The second kappa shape index (κ2) is 5.14. The van der Waals surface area contributed by atoms with Crippen molar-refractivity contribution < 1.29 is 9.90 Å². The number of carbonyl (C=O) groups is 1. The fourth-order valence-corrected chi connectivity index (χ4v) is 3.46. The molecule has 0 unspecified atom stereocenters. The smallest absolute Gasteiger partial charge is 0.335 e. The SMILES string of the molecule is Cc1nnc(Sc2ncnc3cc(C(=O)O)ccc23)s1. The third-order valence-electron chi connectivity index (χ3n) is 2.54. The molecule has 1 N–H and O–H groups in total. The van der Waals surface area contributed by atoms with Gasteiger partial charge < -0.3 is 5.11 Å². The third kappa shape index (κ3) is 2.47. The number of nitrogens with zero attached hydrogens (tertiary/aromatic N) is 4. The van der Waals surface area contributed by atoms with Crippen molar-refractivity contribution in [3.05, 3.63) is 35.1 Å². The second-order valence-electron chi connectivity index (χ2n) is 3.90. The maximum atomic E-state index is 11.0. The molecule has 0 bridgehead atoms. The molecule has 0 aliphatic carbocycles. The van der Waals surface area contributed by atoms with Crippen LogP contribution in [0.2, 0.25) is 0 Å². The lowest BCUT2D eigenvalue weighted by molar-refractivity contribution is 0.0697. The molecule has 2 heterocycles. The molecule has 0 radical (unpaired) electrons. The molecule has 6 nitrogen and oxygen atoms in total. The number of aromatic nitrogens is 4. The minimum absolute atomic E-state index is 0.207. The van der Waals surface area contributed by atoms with Gasteiger partial charge in [0.25, 0.3) is 0 Å². The Kier molecular flexibility index (Phi) is 3.33. The summed E-state index contributed by atoms with van der Waals surface area (Å²) in [6.07, 6.45) is 1.42. The van der Waals surface area contributed by atoms with E-state index in [4.69, 9.17) is 5.11 Å². The van der Waals surface area contributed by atoms with E-state index in [0.29, 0.717) is 5.52 Å². The van der Waals surface area contributed by atoms with E-state index in [-0.39, 0.29) is 5.56 Å². The van der Waals surface area contributed by atoms with Crippen molar-refractivity contribution in [2.45, 2.75) is 16.3 Å². The lowest BCUT2D eigenvalue weighted by atomic mass is 10.1. The highest BCUT2D eigenvalue weighted by atomic mass is 32.2. The Hall–Kier alpha value is -2.06. The van der Waals surface area contributed by atoms with Crippen molar-refractivity contribution in [3.63, 3.8) is 0 Å². The normalized spacial score (nSPS) is 10.8. The van der Waals surface area contributed by atoms with Crippen molar-refractivity contribution in [2.75, 3.05) is 0 Å². The molecular weight excluding hydrogens is 296 g/mol. The first-order valence-corrected chi connectivity index (χ1v) is 7.23. The second-order valence-corrected chi connectivity index (χ2v) is 6.32. The van der Waals surface area contributed by atoms with Crippen LogP contribution in [0.15, 0.2) is 33.9 Å². The lowest BCUT2D eigenvalue weighted by Crippen LogP contribution is -1.96. The molecular formula is C12H8N4O2S2. The molecule has 0 aliphatic heterocycles. The number of hydrogen-bond donors (Lipinski definition) is 1. The van der Waals surface area contributed by atoms with Crippen LogP contribution in [0, 0.1) is 6.92 Å². The van der Waals surface area contributed by atoms with Crippen LogP contribution < -0.4 is 0 Å². The van der Waals surface area contributed by atoms with Gasteiger partial charge in [-0.2, -0.15) is 0 Å². The molecule has 0 aliphatic rings. The fraction of sp³-hybridized carbons (Fsp3) is 0.0833. The van der Waals surface area contributed by atoms with Crippen LogP contribution in [0.3, 0.4) is 0 Å². The molecule has 20 heavy (non-hydrogen) atoms. The summed E-state index contributed by atoms with van der Waals surface area (Å²) >= 11 is 2.88. The Morgan fingerprint density at radius 1 is 1.30 bits per heavy atom. The molecule has 0 atom stereocenters. The number of carboxylic acids is 1. The average Bonchev–Trinajstić information content (AvgIpc) is 2.84. The topological polar surface area (TPSA) is 88.9 Å². The number of benzene rings is 1. The molecule has 100 valence electrons. The summed E-state index contributed by atoms with van der Waals surface area (Å²) < 4.78 is 0.796. The summed E-state index contributed by atoms with van der Waals surface area (Å²) in [4.78, 5) is 19.3. The van der Waals surface area contributed by atoms with Crippen LogP contribution in [-0.2, 0) is 0 Å². The minimum atomic E-state index is -0.973. The van der Waals surface area contributed by atoms with Crippen molar-refractivity contribution >= 4 is 40.0 Å². The third-order valence-corrected chi connectivity index (χ3v) is 4.45. The van der Waals surface area contributed by atoms with E-state index in [9.17, 15) is 4.79 Å². The van der Waals surface area contributed by atoms with Gasteiger partial charge in [-0.05, 0) is 36.9 Å². The molecule has 0 amide bonds. The first kappa shape index (κ1) is 12.9. The lowest BCUT2D eigenvalue weighted by Gasteiger charge is -2.03. The number of aryl methyl sites for hydroxylation is 1. The Morgan fingerprint density at radius 3 is 2.85 bits per heavy atom. The number of rotatable bonds is 3. The van der Waals surface area contributed by atoms with E-state index >= 15 is 0 Å². The van der Waals surface area contributed by atoms with E-state index in [0.717, 1.165) is 19.8 Å². The predicted octanol–water partition coefficient (Wildman–Crippen LogP) is 2.64. The highest BCUT2D eigenvalue weighted by Crippen LogP contribution is 2.32. The summed E-state index contributed by atoms with van der Waals surface area (Å²) in [5.41, 5.74) is 0.808. The van der Waals surface area contributed by atoms with Crippen LogP contribution in [-0.4, -0.2) is 31.2 Å². The zero-order valence-corrected chi connectivity index (χ0v) is 11.9. The molecule has 3 aromatic rings. The van der Waals surface area contributed by atoms with Crippen LogP contribution >= 0.6 is 23.1 Å². The van der Waals surface area contributed by atoms with Crippen molar-refractivity contribution in [2.24, 2.45) is 0 Å². The van der Waals surface area contributed by atoms with Gasteiger partial charge in [-0.15, -0.1) is 10.2 Å². The number of fused-ring (bicyclic) bond motifs is 1. The molecule has 3 rings (SSSR count). The van der Waals surface area contributed by atoms with Crippen LogP contribution in [0.4, 0.5) is 0 Å². The summed E-state index contributed by atoms with van der Waals surface area (Å²) in [6.45, 7) is 1.89. The van der Waals surface area contributed by atoms with Crippen molar-refractivity contribution in [3.8, 4) is 0 Å². The Balaban J connectivity index is 2.05. The van der Waals surface area contributed by atoms with E-state index in [2.05, 4.69) is 20.2 Å². The summed E-state index contributed by atoms with van der Waals surface area (Å²) in [5, 5.41) is 19.4. The highest BCUT2D eigenvalue weighted by molar-refractivity contribution is 8.01. The van der Waals surface area contributed by atoms with Crippen LogP contribution in [0.1, 0.15) is 15.4 Å². The number of carboxylic acid groups (broad SMARTS) is 1. The van der Waals surface area contributed by atoms with Gasteiger partial charge in [0, 0.05) is 5.39 Å². The fourth-order valence-electron chi connectivity index (χ4n) is 1.65. The number of aromatic carboxylic acids is 1. The molecule has 0 saturated heterocycles. The summed E-state index contributed by atoms with van der Waals surface area (Å²) in [5.74, 6) is -0.973. The van der Waals surface area contributed by atoms with Gasteiger partial charge in [0.05, 0.1) is 11.1 Å². The standard InChI is InChI=1S/C12H8N4O2S2/c1-6-15-16-12(19-6)20-10-8-3-2-7(11(17)18)4-9(8)13-5-14-10/h2-5H,1H3,(H,17,18). The summed E-state index contributed by atoms with van der Waals surface area (Å²) in [6, 6.07) is 4.80. The van der Waals surface area contributed by atoms with Gasteiger partial charge in [-0.3, -0.25) is 0 Å². The van der Waals surface area contributed by atoms with Crippen molar-refractivity contribution in [1.29, 1.82) is 0 Å². The van der Waals surface area contributed by atoms with Gasteiger partial charge in [-0.1, -0.05) is 11.3 Å². The van der Waals surface area contributed by atoms with Gasteiger partial charge >= 0.3 is 5.97 Å². The van der Waals surface area contributed by atoms with E-state index in [1.165, 1.54) is 35.5 Å². The van der Waals surface area contributed by atoms with Gasteiger partial charge in [0.15, 0.2) is 4.34 Å². The van der Waals surface area contributed by atoms with Gasteiger partial charge in [-0.25, -0.2) is 14.8 Å². The van der Waals surface area contributed by atoms with Crippen LogP contribution in [0.25, 0.3) is 10.9 Å². The molecule has 0 saturated carbocycles. The zero-order chi connectivity index (χ0) is 14.1. The summed E-state index contributed by atoms with van der Waals surface area (Å²) in [7, 11) is 0. The Bertz CT molecular complexity index is 803. The zero-order valence-electron chi connectivity index (χ0n) is 10.3.